The molecule has 0 atom stereocenters. The summed E-state index contributed by atoms with van der Waals surface area (Å²) < 4.78 is 11.4. The SMILES string of the molecule is CC(=O)Nc1cc(-c2ccnc(Nc3cccc(Cl)c3)n2)cc2c1OCCO2. The fourth-order valence-corrected chi connectivity index (χ4v) is 3.05. The van der Waals surface area contributed by atoms with Gasteiger partial charge in [-0.3, -0.25) is 4.79 Å². The summed E-state index contributed by atoms with van der Waals surface area (Å²) in [6.07, 6.45) is 1.66. The van der Waals surface area contributed by atoms with Crippen molar-refractivity contribution in [3.8, 4) is 22.8 Å². The third-order valence-electron chi connectivity index (χ3n) is 3.98. The van der Waals surface area contributed by atoms with E-state index in [9.17, 15) is 4.79 Å². The van der Waals surface area contributed by atoms with Crippen LogP contribution in [0.5, 0.6) is 11.5 Å². The second-order valence-corrected chi connectivity index (χ2v) is 6.57. The molecule has 2 heterocycles. The first-order chi connectivity index (χ1) is 13.6. The van der Waals surface area contributed by atoms with Gasteiger partial charge in [0, 0.05) is 29.4 Å². The highest BCUT2D eigenvalue weighted by atomic mass is 35.5. The number of aromatic nitrogens is 2. The lowest BCUT2D eigenvalue weighted by Crippen LogP contribution is -2.18. The number of ether oxygens (including phenoxy) is 2. The molecule has 142 valence electrons. The van der Waals surface area contributed by atoms with Crippen molar-refractivity contribution in [1.82, 2.24) is 9.97 Å². The first-order valence-corrected chi connectivity index (χ1v) is 9.03. The molecule has 3 aromatic rings. The van der Waals surface area contributed by atoms with Crippen LogP contribution >= 0.6 is 11.6 Å². The molecular weight excluding hydrogens is 380 g/mol. The van der Waals surface area contributed by atoms with E-state index in [1.54, 1.807) is 30.5 Å². The van der Waals surface area contributed by atoms with E-state index in [0.717, 1.165) is 11.3 Å². The van der Waals surface area contributed by atoms with Crippen LogP contribution < -0.4 is 20.1 Å². The average molecular weight is 397 g/mol. The molecule has 0 radical (unpaired) electrons. The van der Waals surface area contributed by atoms with Gasteiger partial charge in [0.15, 0.2) is 11.5 Å². The Balaban J connectivity index is 1.69. The molecule has 2 aromatic carbocycles. The molecule has 4 rings (SSSR count). The molecule has 0 saturated carbocycles. The molecular formula is C20H17ClN4O3. The smallest absolute Gasteiger partial charge is 0.227 e. The van der Waals surface area contributed by atoms with Gasteiger partial charge in [0.1, 0.15) is 13.2 Å². The first kappa shape index (κ1) is 18.1. The van der Waals surface area contributed by atoms with Crippen LogP contribution in [0.4, 0.5) is 17.3 Å². The Morgan fingerprint density at radius 2 is 2.00 bits per heavy atom. The highest BCUT2D eigenvalue weighted by Gasteiger charge is 2.19. The summed E-state index contributed by atoms with van der Waals surface area (Å²) in [5.41, 5.74) is 2.76. The minimum absolute atomic E-state index is 0.195. The summed E-state index contributed by atoms with van der Waals surface area (Å²) in [6, 6.07) is 12.7. The standard InChI is InChI=1S/C20H17ClN4O3/c1-12(26)23-17-9-13(10-18-19(17)28-8-7-27-18)16-5-6-22-20(25-16)24-15-4-2-3-14(21)11-15/h2-6,9-11H,7-8H2,1H3,(H,23,26)(H,22,24,25). The van der Waals surface area contributed by atoms with Crippen molar-refractivity contribution in [2.75, 3.05) is 23.8 Å². The van der Waals surface area contributed by atoms with Crippen LogP contribution in [0.25, 0.3) is 11.3 Å². The second kappa shape index (κ2) is 7.74. The lowest BCUT2D eigenvalue weighted by Gasteiger charge is -2.22. The average Bonchev–Trinajstić information content (AvgIpc) is 2.68. The largest absolute Gasteiger partial charge is 0.486 e. The number of rotatable bonds is 4. The Bertz CT molecular complexity index is 1040. The quantitative estimate of drug-likeness (QED) is 0.685. The van der Waals surface area contributed by atoms with Crippen molar-refractivity contribution in [2.45, 2.75) is 6.92 Å². The molecule has 1 aliphatic rings. The van der Waals surface area contributed by atoms with Crippen LogP contribution in [0.3, 0.4) is 0 Å². The summed E-state index contributed by atoms with van der Waals surface area (Å²) in [7, 11) is 0. The molecule has 0 spiro atoms. The number of benzene rings is 2. The number of nitrogens with zero attached hydrogens (tertiary/aromatic N) is 2. The molecule has 0 unspecified atom stereocenters. The van der Waals surface area contributed by atoms with Crippen molar-refractivity contribution in [3.63, 3.8) is 0 Å². The molecule has 0 saturated heterocycles. The first-order valence-electron chi connectivity index (χ1n) is 8.66. The van der Waals surface area contributed by atoms with E-state index in [2.05, 4.69) is 20.6 Å². The number of carbonyl (C=O) groups excluding carboxylic acids is 1. The van der Waals surface area contributed by atoms with Gasteiger partial charge in [-0.1, -0.05) is 17.7 Å². The van der Waals surface area contributed by atoms with Crippen molar-refractivity contribution >= 4 is 34.8 Å². The number of hydrogen-bond acceptors (Lipinski definition) is 6. The van der Waals surface area contributed by atoms with Gasteiger partial charge in [0.05, 0.1) is 11.4 Å². The lowest BCUT2D eigenvalue weighted by atomic mass is 10.1. The summed E-state index contributed by atoms with van der Waals surface area (Å²) in [6.45, 7) is 2.32. The van der Waals surface area contributed by atoms with E-state index in [0.29, 0.717) is 47.1 Å². The zero-order chi connectivity index (χ0) is 19.5. The molecule has 1 aliphatic heterocycles. The molecule has 1 aromatic heterocycles. The van der Waals surface area contributed by atoms with Gasteiger partial charge in [-0.25, -0.2) is 9.97 Å². The van der Waals surface area contributed by atoms with Crippen LogP contribution in [0.1, 0.15) is 6.92 Å². The van der Waals surface area contributed by atoms with E-state index in [1.807, 2.05) is 18.2 Å². The highest BCUT2D eigenvalue weighted by Crippen LogP contribution is 2.41. The molecule has 8 heteroatoms. The third-order valence-corrected chi connectivity index (χ3v) is 4.22. The van der Waals surface area contributed by atoms with Crippen LogP contribution in [0.2, 0.25) is 5.02 Å². The Hall–Kier alpha value is -3.32. The zero-order valence-electron chi connectivity index (χ0n) is 15.0. The van der Waals surface area contributed by atoms with Gasteiger partial charge >= 0.3 is 0 Å². The Kier molecular flexibility index (Phi) is 4.99. The van der Waals surface area contributed by atoms with E-state index < -0.39 is 0 Å². The minimum Gasteiger partial charge on any atom is -0.486 e. The fourth-order valence-electron chi connectivity index (χ4n) is 2.86. The number of hydrogen-bond donors (Lipinski definition) is 2. The Morgan fingerprint density at radius 3 is 2.82 bits per heavy atom. The third kappa shape index (κ3) is 3.99. The van der Waals surface area contributed by atoms with E-state index >= 15 is 0 Å². The maximum absolute atomic E-state index is 11.6. The molecule has 1 amide bonds. The maximum Gasteiger partial charge on any atom is 0.227 e. The van der Waals surface area contributed by atoms with Gasteiger partial charge in [-0.05, 0) is 36.4 Å². The Labute approximate surface area is 166 Å². The number of fused-ring (bicyclic) bond motifs is 1. The normalized spacial score (nSPS) is 12.4. The van der Waals surface area contributed by atoms with Gasteiger partial charge in [-0.15, -0.1) is 0 Å². The van der Waals surface area contributed by atoms with Crippen molar-refractivity contribution < 1.29 is 14.3 Å². The van der Waals surface area contributed by atoms with Gasteiger partial charge in [0.25, 0.3) is 0 Å². The zero-order valence-corrected chi connectivity index (χ0v) is 15.8. The number of anilines is 3. The molecule has 2 N–H and O–H groups in total. The molecule has 7 nitrogen and oxygen atoms in total. The summed E-state index contributed by atoms with van der Waals surface area (Å²) in [4.78, 5) is 20.4. The number of nitrogens with one attached hydrogen (secondary N) is 2. The van der Waals surface area contributed by atoms with Crippen LogP contribution in [0, 0.1) is 0 Å². The van der Waals surface area contributed by atoms with Crippen LogP contribution in [-0.4, -0.2) is 29.1 Å². The summed E-state index contributed by atoms with van der Waals surface area (Å²) in [5.74, 6) is 1.32. The van der Waals surface area contributed by atoms with Gasteiger partial charge < -0.3 is 20.1 Å². The predicted molar refractivity (Wildman–Crippen MR) is 107 cm³/mol. The number of carbonyl (C=O) groups is 1. The van der Waals surface area contributed by atoms with Crippen LogP contribution in [0.15, 0.2) is 48.7 Å². The Morgan fingerprint density at radius 1 is 1.14 bits per heavy atom. The van der Waals surface area contributed by atoms with Crippen molar-refractivity contribution in [2.24, 2.45) is 0 Å². The highest BCUT2D eigenvalue weighted by molar-refractivity contribution is 6.30. The van der Waals surface area contributed by atoms with E-state index in [4.69, 9.17) is 21.1 Å². The lowest BCUT2D eigenvalue weighted by molar-refractivity contribution is -0.114. The number of amides is 1. The van der Waals surface area contributed by atoms with E-state index in [-0.39, 0.29) is 5.91 Å². The van der Waals surface area contributed by atoms with Gasteiger partial charge in [-0.2, -0.15) is 0 Å². The molecule has 28 heavy (non-hydrogen) atoms. The number of halogens is 1. The topological polar surface area (TPSA) is 85.4 Å². The predicted octanol–water partition coefficient (Wildman–Crippen LogP) is 4.27. The maximum atomic E-state index is 11.6. The van der Waals surface area contributed by atoms with Crippen molar-refractivity contribution in [3.05, 3.63) is 53.7 Å². The van der Waals surface area contributed by atoms with Crippen molar-refractivity contribution in [1.29, 1.82) is 0 Å². The van der Waals surface area contributed by atoms with E-state index in [1.165, 1.54) is 6.92 Å². The molecule has 0 aliphatic carbocycles. The fraction of sp³-hybridized carbons (Fsp3) is 0.150. The summed E-state index contributed by atoms with van der Waals surface area (Å²) >= 11 is 6.02. The van der Waals surface area contributed by atoms with Crippen LogP contribution in [-0.2, 0) is 4.79 Å². The van der Waals surface area contributed by atoms with Gasteiger partial charge in [0.2, 0.25) is 11.9 Å². The monoisotopic (exact) mass is 396 g/mol. The molecule has 0 fully saturated rings. The summed E-state index contributed by atoms with van der Waals surface area (Å²) in [5, 5.41) is 6.54. The second-order valence-electron chi connectivity index (χ2n) is 6.13. The molecule has 0 bridgehead atoms. The minimum atomic E-state index is -0.195.